The molecule has 0 aliphatic rings. The molecule has 4 heteroatoms. The minimum Gasteiger partial charge on any atom is -0.226 e. The Bertz CT molecular complexity index is 425. The minimum absolute atomic E-state index is 0.295. The standard InChI is InChI=1S/C9H7ClN2S/c1-6-2-3-8(13-6)7-4-5-11-9(10)12-7/h2-5H,1H3. The van der Waals surface area contributed by atoms with Crippen molar-refractivity contribution in [3.63, 3.8) is 0 Å². The summed E-state index contributed by atoms with van der Waals surface area (Å²) < 4.78 is 0. The SMILES string of the molecule is Cc1ccc(-c2ccnc(Cl)n2)s1. The van der Waals surface area contributed by atoms with Crippen LogP contribution >= 0.6 is 22.9 Å². The summed E-state index contributed by atoms with van der Waals surface area (Å²) in [6, 6.07) is 5.96. The second kappa shape index (κ2) is 3.44. The van der Waals surface area contributed by atoms with Crippen LogP contribution in [0, 0.1) is 6.92 Å². The monoisotopic (exact) mass is 210 g/mol. The van der Waals surface area contributed by atoms with Crippen molar-refractivity contribution in [1.29, 1.82) is 0 Å². The average molecular weight is 211 g/mol. The van der Waals surface area contributed by atoms with Crippen LogP contribution < -0.4 is 0 Å². The number of nitrogens with zero attached hydrogens (tertiary/aromatic N) is 2. The fraction of sp³-hybridized carbons (Fsp3) is 0.111. The Hall–Kier alpha value is -0.930. The normalized spacial score (nSPS) is 10.3. The van der Waals surface area contributed by atoms with Crippen LogP contribution in [0.2, 0.25) is 5.28 Å². The van der Waals surface area contributed by atoms with Crippen molar-refractivity contribution in [3.05, 3.63) is 34.6 Å². The molecule has 0 fully saturated rings. The van der Waals surface area contributed by atoms with Gasteiger partial charge in [0.05, 0.1) is 10.6 Å². The molecule has 0 N–H and O–H groups in total. The third kappa shape index (κ3) is 1.87. The van der Waals surface area contributed by atoms with Gasteiger partial charge in [0.25, 0.3) is 0 Å². The van der Waals surface area contributed by atoms with Gasteiger partial charge in [-0.15, -0.1) is 11.3 Å². The molecule has 2 rings (SSSR count). The van der Waals surface area contributed by atoms with Crippen LogP contribution in [0.3, 0.4) is 0 Å². The Morgan fingerprint density at radius 1 is 1.31 bits per heavy atom. The van der Waals surface area contributed by atoms with E-state index in [4.69, 9.17) is 11.6 Å². The highest BCUT2D eigenvalue weighted by atomic mass is 35.5. The molecule has 2 heterocycles. The maximum Gasteiger partial charge on any atom is 0.222 e. The van der Waals surface area contributed by atoms with Gasteiger partial charge in [0.15, 0.2) is 0 Å². The number of rotatable bonds is 1. The summed E-state index contributed by atoms with van der Waals surface area (Å²) in [6.07, 6.45) is 1.67. The Morgan fingerprint density at radius 2 is 2.15 bits per heavy atom. The highest BCUT2D eigenvalue weighted by Gasteiger charge is 2.02. The summed E-state index contributed by atoms with van der Waals surface area (Å²) in [5.74, 6) is 0. The van der Waals surface area contributed by atoms with E-state index in [0.717, 1.165) is 10.6 Å². The number of thiophene rings is 1. The predicted molar refractivity (Wildman–Crippen MR) is 55.1 cm³/mol. The largest absolute Gasteiger partial charge is 0.226 e. The van der Waals surface area contributed by atoms with Crippen LogP contribution in [0.1, 0.15) is 4.88 Å². The first kappa shape index (κ1) is 8.66. The van der Waals surface area contributed by atoms with E-state index in [-0.39, 0.29) is 0 Å². The van der Waals surface area contributed by atoms with Crippen molar-refractivity contribution in [2.75, 3.05) is 0 Å². The average Bonchev–Trinajstić information content (AvgIpc) is 2.52. The first-order valence-electron chi connectivity index (χ1n) is 3.81. The Kier molecular flexibility index (Phi) is 2.29. The van der Waals surface area contributed by atoms with Crippen molar-refractivity contribution in [3.8, 4) is 10.6 Å². The van der Waals surface area contributed by atoms with Gasteiger partial charge in [-0.05, 0) is 36.7 Å². The molecule has 0 radical (unpaired) electrons. The predicted octanol–water partition coefficient (Wildman–Crippen LogP) is 3.17. The lowest BCUT2D eigenvalue weighted by Gasteiger charge is -1.94. The quantitative estimate of drug-likeness (QED) is 0.676. The van der Waals surface area contributed by atoms with E-state index in [0.29, 0.717) is 5.28 Å². The zero-order valence-electron chi connectivity index (χ0n) is 6.99. The molecule has 0 aliphatic heterocycles. The minimum atomic E-state index is 0.295. The smallest absolute Gasteiger partial charge is 0.222 e. The van der Waals surface area contributed by atoms with Gasteiger partial charge in [0.1, 0.15) is 0 Å². The second-order valence-electron chi connectivity index (χ2n) is 2.62. The molecule has 2 aromatic rings. The molecule has 0 unspecified atom stereocenters. The number of aromatic nitrogens is 2. The van der Waals surface area contributed by atoms with Crippen LogP contribution in [-0.2, 0) is 0 Å². The van der Waals surface area contributed by atoms with Gasteiger partial charge < -0.3 is 0 Å². The van der Waals surface area contributed by atoms with E-state index in [1.807, 2.05) is 12.1 Å². The highest BCUT2D eigenvalue weighted by molar-refractivity contribution is 7.15. The van der Waals surface area contributed by atoms with E-state index in [9.17, 15) is 0 Å². The summed E-state index contributed by atoms with van der Waals surface area (Å²) in [5.41, 5.74) is 0.887. The first-order valence-corrected chi connectivity index (χ1v) is 5.00. The molecule has 2 nitrogen and oxygen atoms in total. The Morgan fingerprint density at radius 3 is 2.77 bits per heavy atom. The summed E-state index contributed by atoms with van der Waals surface area (Å²) in [6.45, 7) is 2.07. The van der Waals surface area contributed by atoms with Gasteiger partial charge in [0, 0.05) is 11.1 Å². The molecular formula is C9H7ClN2S. The zero-order chi connectivity index (χ0) is 9.26. The summed E-state index contributed by atoms with van der Waals surface area (Å²) in [4.78, 5) is 10.3. The third-order valence-electron chi connectivity index (χ3n) is 1.62. The molecule has 0 amide bonds. The Balaban J connectivity index is 2.46. The molecule has 0 atom stereocenters. The molecule has 13 heavy (non-hydrogen) atoms. The van der Waals surface area contributed by atoms with Gasteiger partial charge in [-0.3, -0.25) is 0 Å². The van der Waals surface area contributed by atoms with E-state index in [1.54, 1.807) is 17.5 Å². The van der Waals surface area contributed by atoms with E-state index < -0.39 is 0 Å². The lowest BCUT2D eigenvalue weighted by atomic mass is 10.3. The maximum atomic E-state index is 5.68. The van der Waals surface area contributed by atoms with Crippen LogP contribution in [0.15, 0.2) is 24.4 Å². The molecule has 0 bridgehead atoms. The summed E-state index contributed by atoms with van der Waals surface area (Å²) in [7, 11) is 0. The van der Waals surface area contributed by atoms with Crippen molar-refractivity contribution >= 4 is 22.9 Å². The number of hydrogen-bond acceptors (Lipinski definition) is 3. The zero-order valence-corrected chi connectivity index (χ0v) is 8.56. The van der Waals surface area contributed by atoms with Crippen molar-refractivity contribution in [2.24, 2.45) is 0 Å². The van der Waals surface area contributed by atoms with Crippen LogP contribution in [0.25, 0.3) is 10.6 Å². The molecule has 2 aromatic heterocycles. The van der Waals surface area contributed by atoms with E-state index in [2.05, 4.69) is 23.0 Å². The maximum absolute atomic E-state index is 5.68. The van der Waals surface area contributed by atoms with Gasteiger partial charge in [-0.2, -0.15) is 0 Å². The lowest BCUT2D eigenvalue weighted by molar-refractivity contribution is 1.18. The second-order valence-corrected chi connectivity index (χ2v) is 4.25. The highest BCUT2D eigenvalue weighted by Crippen LogP contribution is 2.25. The third-order valence-corrected chi connectivity index (χ3v) is 2.82. The molecule has 0 spiro atoms. The van der Waals surface area contributed by atoms with Crippen LogP contribution in [-0.4, -0.2) is 9.97 Å². The van der Waals surface area contributed by atoms with Crippen molar-refractivity contribution < 1.29 is 0 Å². The summed E-state index contributed by atoms with van der Waals surface area (Å²) >= 11 is 7.38. The summed E-state index contributed by atoms with van der Waals surface area (Å²) in [5, 5.41) is 0.295. The number of hydrogen-bond donors (Lipinski definition) is 0. The molecule has 0 saturated carbocycles. The topological polar surface area (TPSA) is 25.8 Å². The van der Waals surface area contributed by atoms with Gasteiger partial charge in [-0.1, -0.05) is 0 Å². The molecule has 0 saturated heterocycles. The van der Waals surface area contributed by atoms with Gasteiger partial charge >= 0.3 is 0 Å². The lowest BCUT2D eigenvalue weighted by Crippen LogP contribution is -1.83. The van der Waals surface area contributed by atoms with E-state index in [1.165, 1.54) is 4.88 Å². The fourth-order valence-corrected chi connectivity index (χ4v) is 2.03. The first-order chi connectivity index (χ1) is 6.25. The number of halogens is 1. The molecule has 0 aliphatic carbocycles. The molecular weight excluding hydrogens is 204 g/mol. The van der Waals surface area contributed by atoms with Crippen molar-refractivity contribution in [1.82, 2.24) is 9.97 Å². The number of aryl methyl sites for hydroxylation is 1. The van der Waals surface area contributed by atoms with Gasteiger partial charge in [-0.25, -0.2) is 9.97 Å². The molecule has 0 aromatic carbocycles. The van der Waals surface area contributed by atoms with E-state index >= 15 is 0 Å². The molecule has 66 valence electrons. The Labute approximate surface area is 85.2 Å². The van der Waals surface area contributed by atoms with Crippen LogP contribution in [0.4, 0.5) is 0 Å². The van der Waals surface area contributed by atoms with Crippen LogP contribution in [0.5, 0.6) is 0 Å². The fourth-order valence-electron chi connectivity index (χ4n) is 1.04. The van der Waals surface area contributed by atoms with Gasteiger partial charge in [0.2, 0.25) is 5.28 Å². The van der Waals surface area contributed by atoms with Crippen molar-refractivity contribution in [2.45, 2.75) is 6.92 Å².